The number of aromatic nitrogens is 2. The minimum absolute atomic E-state index is 0.0296. The first kappa shape index (κ1) is 13.1. The zero-order chi connectivity index (χ0) is 13.8. The van der Waals surface area contributed by atoms with Crippen molar-refractivity contribution in [1.29, 1.82) is 0 Å². The number of carbonyl (C=O) groups excluding carboxylic acids is 1. The number of nitrogens with two attached hydrogens (primary N) is 1. The Morgan fingerprint density at radius 3 is 2.84 bits per heavy atom. The van der Waals surface area contributed by atoms with Gasteiger partial charge in [0.1, 0.15) is 5.78 Å². The number of carboxylic acid groups (broad SMARTS) is 1. The monoisotopic (exact) mass is 261 g/mol. The lowest BCUT2D eigenvalue weighted by Crippen LogP contribution is -2.04. The van der Waals surface area contributed by atoms with Crippen LogP contribution in [-0.2, 0) is 16.0 Å². The number of ketones is 1. The summed E-state index contributed by atoms with van der Waals surface area (Å²) in [5, 5.41) is 8.50. The largest absolute Gasteiger partial charge is 0.481 e. The molecule has 2 aromatic rings. The first-order chi connectivity index (χ1) is 9.04. The number of benzene rings is 1. The summed E-state index contributed by atoms with van der Waals surface area (Å²) in [6, 6.07) is 5.48. The highest BCUT2D eigenvalue weighted by atomic mass is 16.4. The van der Waals surface area contributed by atoms with Crippen molar-refractivity contribution in [1.82, 2.24) is 9.97 Å². The zero-order valence-electron chi connectivity index (χ0n) is 10.3. The van der Waals surface area contributed by atoms with Gasteiger partial charge < -0.3 is 15.8 Å². The molecule has 1 heterocycles. The quantitative estimate of drug-likeness (QED) is 0.730. The maximum atomic E-state index is 11.7. The molecule has 0 spiro atoms. The molecule has 0 saturated heterocycles. The van der Waals surface area contributed by atoms with Gasteiger partial charge in [-0.3, -0.25) is 9.59 Å². The van der Waals surface area contributed by atoms with E-state index in [1.54, 1.807) is 0 Å². The van der Waals surface area contributed by atoms with Crippen molar-refractivity contribution in [3.8, 4) is 0 Å². The number of nitrogens with one attached hydrogen (secondary N) is 1. The second-order valence-corrected chi connectivity index (χ2v) is 4.44. The van der Waals surface area contributed by atoms with Gasteiger partial charge in [0.25, 0.3) is 0 Å². The molecule has 6 heteroatoms. The van der Waals surface area contributed by atoms with E-state index in [0.29, 0.717) is 18.8 Å². The highest BCUT2D eigenvalue weighted by Crippen LogP contribution is 2.15. The lowest BCUT2D eigenvalue weighted by molar-refractivity contribution is -0.137. The van der Waals surface area contributed by atoms with E-state index in [1.807, 2.05) is 18.2 Å². The van der Waals surface area contributed by atoms with Gasteiger partial charge in [-0.15, -0.1) is 0 Å². The standard InChI is InChI=1S/C13H15N3O3/c14-13-15-10-5-4-8(7-11(10)16-13)6-9(17)2-1-3-12(18)19/h4-5,7H,1-3,6H2,(H,18,19)(H3,14,15,16). The Bertz CT molecular complexity index is 619. The Morgan fingerprint density at radius 1 is 1.32 bits per heavy atom. The maximum Gasteiger partial charge on any atom is 0.303 e. The van der Waals surface area contributed by atoms with E-state index < -0.39 is 5.97 Å². The van der Waals surface area contributed by atoms with Crippen molar-refractivity contribution in [2.75, 3.05) is 5.73 Å². The van der Waals surface area contributed by atoms with E-state index >= 15 is 0 Å². The number of carbonyl (C=O) groups is 2. The molecule has 0 fully saturated rings. The number of nitrogen functional groups attached to an aromatic ring is 1. The molecule has 0 atom stereocenters. The molecule has 0 aliphatic rings. The molecule has 0 unspecified atom stereocenters. The number of hydrogen-bond donors (Lipinski definition) is 3. The fraction of sp³-hybridized carbons (Fsp3) is 0.308. The summed E-state index contributed by atoms with van der Waals surface area (Å²) < 4.78 is 0. The van der Waals surface area contributed by atoms with E-state index in [2.05, 4.69) is 9.97 Å². The minimum atomic E-state index is -0.873. The average Bonchev–Trinajstić information content (AvgIpc) is 2.67. The molecule has 0 aliphatic carbocycles. The first-order valence-corrected chi connectivity index (χ1v) is 6.02. The van der Waals surface area contributed by atoms with Crippen LogP contribution < -0.4 is 5.73 Å². The Kier molecular flexibility index (Phi) is 3.79. The normalized spacial score (nSPS) is 10.7. The van der Waals surface area contributed by atoms with E-state index in [-0.39, 0.29) is 18.6 Å². The predicted molar refractivity (Wildman–Crippen MR) is 70.7 cm³/mol. The third kappa shape index (κ3) is 3.54. The molecule has 1 aromatic carbocycles. The van der Waals surface area contributed by atoms with Crippen LogP contribution in [0.5, 0.6) is 0 Å². The van der Waals surface area contributed by atoms with Gasteiger partial charge in [-0.05, 0) is 24.1 Å². The molecule has 2 rings (SSSR count). The Labute approximate surface area is 109 Å². The van der Waals surface area contributed by atoms with Crippen molar-refractivity contribution >= 4 is 28.7 Å². The SMILES string of the molecule is Nc1nc2ccc(CC(=O)CCCC(=O)O)cc2[nH]1. The number of hydrogen-bond acceptors (Lipinski definition) is 4. The number of carboxylic acids is 1. The van der Waals surface area contributed by atoms with Crippen LogP contribution >= 0.6 is 0 Å². The third-order valence-corrected chi connectivity index (χ3v) is 2.81. The third-order valence-electron chi connectivity index (χ3n) is 2.81. The lowest BCUT2D eigenvalue weighted by Gasteiger charge is -2.00. The molecule has 0 amide bonds. The van der Waals surface area contributed by atoms with Gasteiger partial charge in [0.2, 0.25) is 0 Å². The van der Waals surface area contributed by atoms with Gasteiger partial charge in [-0.1, -0.05) is 6.07 Å². The zero-order valence-corrected chi connectivity index (χ0v) is 10.3. The molecule has 6 nitrogen and oxygen atoms in total. The van der Waals surface area contributed by atoms with Gasteiger partial charge in [0, 0.05) is 19.3 Å². The fourth-order valence-electron chi connectivity index (χ4n) is 1.94. The summed E-state index contributed by atoms with van der Waals surface area (Å²) in [6.45, 7) is 0. The Hall–Kier alpha value is -2.37. The molecule has 0 saturated carbocycles. The number of nitrogens with zero attached hydrogens (tertiary/aromatic N) is 1. The van der Waals surface area contributed by atoms with E-state index in [9.17, 15) is 9.59 Å². The topological polar surface area (TPSA) is 109 Å². The molecular formula is C13H15N3O3. The Morgan fingerprint density at radius 2 is 2.11 bits per heavy atom. The van der Waals surface area contributed by atoms with Crippen LogP contribution in [0.3, 0.4) is 0 Å². The number of fused-ring (bicyclic) bond motifs is 1. The van der Waals surface area contributed by atoms with Crippen LogP contribution in [0.25, 0.3) is 11.0 Å². The summed E-state index contributed by atoms with van der Waals surface area (Å²) in [4.78, 5) is 29.0. The average molecular weight is 261 g/mol. The maximum absolute atomic E-state index is 11.7. The molecule has 19 heavy (non-hydrogen) atoms. The van der Waals surface area contributed by atoms with Gasteiger partial charge in [0.15, 0.2) is 5.95 Å². The summed E-state index contributed by atoms with van der Waals surface area (Å²) in [6.07, 6.45) is 0.999. The fourth-order valence-corrected chi connectivity index (χ4v) is 1.94. The number of Topliss-reactive ketones (excluding diaryl/α,β-unsaturated/α-hetero) is 1. The molecule has 0 radical (unpaired) electrons. The molecule has 0 bridgehead atoms. The molecular weight excluding hydrogens is 246 g/mol. The predicted octanol–water partition coefficient (Wildman–Crippen LogP) is 1.51. The number of rotatable bonds is 6. The van der Waals surface area contributed by atoms with Crippen molar-refractivity contribution < 1.29 is 14.7 Å². The van der Waals surface area contributed by atoms with E-state index in [4.69, 9.17) is 10.8 Å². The molecule has 4 N–H and O–H groups in total. The number of anilines is 1. The lowest BCUT2D eigenvalue weighted by atomic mass is 10.0. The Balaban J connectivity index is 1.96. The number of H-pyrrole nitrogens is 1. The second kappa shape index (κ2) is 5.51. The van der Waals surface area contributed by atoms with E-state index in [1.165, 1.54) is 0 Å². The second-order valence-electron chi connectivity index (χ2n) is 4.44. The smallest absolute Gasteiger partial charge is 0.303 e. The van der Waals surface area contributed by atoms with Crippen LogP contribution in [0.15, 0.2) is 18.2 Å². The van der Waals surface area contributed by atoms with Gasteiger partial charge in [-0.25, -0.2) is 4.98 Å². The summed E-state index contributed by atoms with van der Waals surface area (Å²) in [5.74, 6) is -0.491. The number of aliphatic carboxylic acids is 1. The summed E-state index contributed by atoms with van der Waals surface area (Å²) in [5.41, 5.74) is 7.98. The van der Waals surface area contributed by atoms with Crippen LogP contribution in [0.2, 0.25) is 0 Å². The first-order valence-electron chi connectivity index (χ1n) is 6.02. The van der Waals surface area contributed by atoms with Crippen molar-refractivity contribution in [2.24, 2.45) is 0 Å². The highest BCUT2D eigenvalue weighted by molar-refractivity contribution is 5.84. The van der Waals surface area contributed by atoms with Gasteiger partial charge in [-0.2, -0.15) is 0 Å². The number of aromatic amines is 1. The minimum Gasteiger partial charge on any atom is -0.481 e. The van der Waals surface area contributed by atoms with Crippen molar-refractivity contribution in [3.05, 3.63) is 23.8 Å². The van der Waals surface area contributed by atoms with Crippen LogP contribution in [0.4, 0.5) is 5.95 Å². The molecule has 1 aromatic heterocycles. The van der Waals surface area contributed by atoms with Gasteiger partial charge >= 0.3 is 5.97 Å². The van der Waals surface area contributed by atoms with Crippen molar-refractivity contribution in [3.63, 3.8) is 0 Å². The highest BCUT2D eigenvalue weighted by Gasteiger charge is 2.07. The summed E-state index contributed by atoms with van der Waals surface area (Å²) >= 11 is 0. The van der Waals surface area contributed by atoms with Crippen LogP contribution in [0, 0.1) is 0 Å². The van der Waals surface area contributed by atoms with Gasteiger partial charge in [0.05, 0.1) is 11.0 Å². The van der Waals surface area contributed by atoms with E-state index in [0.717, 1.165) is 16.6 Å². The van der Waals surface area contributed by atoms with Crippen LogP contribution in [-0.4, -0.2) is 26.8 Å². The molecule has 100 valence electrons. The van der Waals surface area contributed by atoms with Crippen molar-refractivity contribution in [2.45, 2.75) is 25.7 Å². The molecule has 0 aliphatic heterocycles. The van der Waals surface area contributed by atoms with Crippen LogP contribution in [0.1, 0.15) is 24.8 Å². The summed E-state index contributed by atoms with van der Waals surface area (Å²) in [7, 11) is 0. The number of imidazole rings is 1.